The van der Waals surface area contributed by atoms with Crippen molar-refractivity contribution in [1.29, 1.82) is 0 Å². The fourth-order valence-corrected chi connectivity index (χ4v) is 2.28. The Bertz CT molecular complexity index is 855. The van der Waals surface area contributed by atoms with E-state index in [4.69, 9.17) is 35.5 Å². The second-order valence-electron chi connectivity index (χ2n) is 5.21. The van der Waals surface area contributed by atoms with E-state index >= 15 is 0 Å². The lowest BCUT2D eigenvalue weighted by atomic mass is 9.81. The van der Waals surface area contributed by atoms with Crippen LogP contribution in [0.2, 0.25) is 0 Å². The van der Waals surface area contributed by atoms with E-state index in [1.807, 2.05) is 0 Å². The van der Waals surface area contributed by atoms with E-state index in [0.29, 0.717) is 0 Å². The van der Waals surface area contributed by atoms with Gasteiger partial charge in [0.1, 0.15) is 29.9 Å². The lowest BCUT2D eigenvalue weighted by molar-refractivity contribution is -0.0155. The predicted octanol–water partition coefficient (Wildman–Crippen LogP) is 0.713. The van der Waals surface area contributed by atoms with Gasteiger partial charge in [-0.25, -0.2) is 18.4 Å². The summed E-state index contributed by atoms with van der Waals surface area (Å²) in [5.41, 5.74) is 3.52. The fourth-order valence-electron chi connectivity index (χ4n) is 2.08. The molecule has 1 heterocycles. The van der Waals surface area contributed by atoms with Crippen LogP contribution in [0.4, 0.5) is 8.78 Å². The number of nitrogens with two attached hydrogens (primary N) is 1. The van der Waals surface area contributed by atoms with Gasteiger partial charge in [0.05, 0.1) is 11.5 Å². The number of rotatable bonds is 5. The van der Waals surface area contributed by atoms with Gasteiger partial charge < -0.3 is 10.8 Å². The van der Waals surface area contributed by atoms with Crippen LogP contribution >= 0.6 is 12.2 Å². The summed E-state index contributed by atoms with van der Waals surface area (Å²) in [5, 5.41) is 14.8. The van der Waals surface area contributed by atoms with Gasteiger partial charge in [-0.3, -0.25) is 9.11 Å². The number of thiocarbonyl (C=S) groups is 1. The number of benzene rings is 1. The van der Waals surface area contributed by atoms with E-state index in [0.717, 1.165) is 18.2 Å². The van der Waals surface area contributed by atoms with E-state index in [2.05, 4.69) is 10.1 Å². The molecular weight excluding hydrogens is 394 g/mol. The largest absolute Gasteiger partial charge is 0.394 e. The number of hydrogen-bond acceptors (Lipinski definition) is 6. The van der Waals surface area contributed by atoms with Crippen LogP contribution in [0.3, 0.4) is 0 Å². The Balaban J connectivity index is 0.000000597. The average molecular weight is 410 g/mol. The van der Waals surface area contributed by atoms with Crippen LogP contribution in [-0.4, -0.2) is 42.4 Å². The highest BCUT2D eigenvalue weighted by Crippen LogP contribution is 2.34. The van der Waals surface area contributed by atoms with Gasteiger partial charge >= 0.3 is 10.4 Å². The molecular formula is C13H16F2N4O5S2. The van der Waals surface area contributed by atoms with Crippen LogP contribution in [0.1, 0.15) is 12.5 Å². The molecule has 0 amide bonds. The quantitative estimate of drug-likeness (QED) is 0.412. The molecule has 1 aromatic carbocycles. The lowest BCUT2D eigenvalue weighted by Gasteiger charge is -2.34. The Morgan fingerprint density at radius 2 is 2.00 bits per heavy atom. The summed E-state index contributed by atoms with van der Waals surface area (Å²) >= 11 is 4.89. The highest BCUT2D eigenvalue weighted by molar-refractivity contribution is 7.80. The minimum atomic E-state index is -4.67. The van der Waals surface area contributed by atoms with Crippen molar-refractivity contribution in [2.24, 2.45) is 11.7 Å². The summed E-state index contributed by atoms with van der Waals surface area (Å²) in [6.07, 6.45) is 2.63. The molecule has 2 aromatic rings. The van der Waals surface area contributed by atoms with Gasteiger partial charge in [0.25, 0.3) is 0 Å². The van der Waals surface area contributed by atoms with Crippen molar-refractivity contribution in [3.05, 3.63) is 48.1 Å². The maximum atomic E-state index is 14.1. The molecule has 13 heteroatoms. The molecule has 0 spiro atoms. The minimum absolute atomic E-state index is 0.0127. The van der Waals surface area contributed by atoms with Gasteiger partial charge in [0, 0.05) is 11.5 Å². The van der Waals surface area contributed by atoms with Crippen molar-refractivity contribution >= 4 is 27.6 Å². The van der Waals surface area contributed by atoms with Gasteiger partial charge in [-0.2, -0.15) is 13.5 Å². The van der Waals surface area contributed by atoms with Crippen LogP contribution < -0.4 is 5.73 Å². The second kappa shape index (κ2) is 8.55. The molecule has 0 aliphatic heterocycles. The van der Waals surface area contributed by atoms with Crippen molar-refractivity contribution in [2.45, 2.75) is 19.1 Å². The van der Waals surface area contributed by atoms with Crippen molar-refractivity contribution < 1.29 is 31.4 Å². The Morgan fingerprint density at radius 1 is 1.42 bits per heavy atom. The first-order chi connectivity index (χ1) is 11.8. The lowest BCUT2D eigenvalue weighted by Crippen LogP contribution is -2.44. The van der Waals surface area contributed by atoms with Crippen LogP contribution in [0, 0.1) is 17.6 Å². The smallest absolute Gasteiger partial charge is 0.393 e. The van der Waals surface area contributed by atoms with Gasteiger partial charge in [-0.1, -0.05) is 19.1 Å². The van der Waals surface area contributed by atoms with E-state index in [-0.39, 0.29) is 17.1 Å². The predicted molar refractivity (Wildman–Crippen MR) is 90.4 cm³/mol. The molecule has 0 fully saturated rings. The standard InChI is InChI=1S/C13H14F2N4OS.H2O4S/c1-8(12(16)21)13(20,5-19-7-17-6-18-19)10-4-9(14)2-3-11(10)15;1-5(2,3)4/h2-4,6-8,20H,5H2,1H3,(H2,16,21);(H2,1,2,3,4)/t8?,13-;/m1./s1. The number of hydrogen-bond donors (Lipinski definition) is 4. The zero-order chi connectivity index (χ0) is 20.1. The molecule has 0 aliphatic rings. The molecule has 144 valence electrons. The van der Waals surface area contributed by atoms with E-state index in [9.17, 15) is 13.9 Å². The number of aliphatic hydroxyl groups is 1. The number of halogens is 2. The summed E-state index contributed by atoms with van der Waals surface area (Å²) in [6.45, 7) is 1.38. The van der Waals surface area contributed by atoms with Crippen LogP contribution in [0.5, 0.6) is 0 Å². The normalized spacial score (nSPS) is 14.7. The van der Waals surface area contributed by atoms with Crippen molar-refractivity contribution in [3.63, 3.8) is 0 Å². The van der Waals surface area contributed by atoms with E-state index < -0.39 is 33.6 Å². The Kier molecular flexibility index (Phi) is 7.23. The van der Waals surface area contributed by atoms with E-state index in [1.54, 1.807) is 6.92 Å². The van der Waals surface area contributed by atoms with Gasteiger partial charge in [0.2, 0.25) is 0 Å². The molecule has 1 unspecified atom stereocenters. The molecule has 0 bridgehead atoms. The Labute approximate surface area is 153 Å². The highest BCUT2D eigenvalue weighted by Gasteiger charge is 2.40. The summed E-state index contributed by atoms with van der Waals surface area (Å²) in [5.74, 6) is -2.21. The molecule has 0 saturated carbocycles. The third kappa shape index (κ3) is 6.34. The second-order valence-corrected chi connectivity index (χ2v) is 6.58. The molecule has 0 radical (unpaired) electrons. The first-order valence-corrected chi connectivity index (χ1v) is 8.64. The number of nitrogens with zero attached hydrogens (tertiary/aromatic N) is 3. The summed E-state index contributed by atoms with van der Waals surface area (Å²) in [6, 6.07) is 2.85. The zero-order valence-corrected chi connectivity index (χ0v) is 15.0. The third-order valence-electron chi connectivity index (χ3n) is 3.41. The summed E-state index contributed by atoms with van der Waals surface area (Å²) in [7, 11) is -4.67. The van der Waals surface area contributed by atoms with Gasteiger partial charge in [-0.05, 0) is 18.2 Å². The van der Waals surface area contributed by atoms with Crippen LogP contribution in [-0.2, 0) is 22.5 Å². The van der Waals surface area contributed by atoms with Crippen molar-refractivity contribution in [1.82, 2.24) is 14.8 Å². The maximum absolute atomic E-state index is 14.1. The molecule has 2 atom stereocenters. The van der Waals surface area contributed by atoms with Crippen LogP contribution in [0.25, 0.3) is 0 Å². The molecule has 1 aromatic heterocycles. The first-order valence-electron chi connectivity index (χ1n) is 6.84. The zero-order valence-electron chi connectivity index (χ0n) is 13.3. The minimum Gasteiger partial charge on any atom is -0.393 e. The SMILES string of the molecule is CC(C(N)=S)[C@](O)(Cn1cncn1)c1cc(F)ccc1F.O=S(=O)(O)O. The monoisotopic (exact) mass is 410 g/mol. The van der Waals surface area contributed by atoms with Crippen molar-refractivity contribution in [3.8, 4) is 0 Å². The first kappa shape index (κ1) is 22.0. The maximum Gasteiger partial charge on any atom is 0.394 e. The third-order valence-corrected chi connectivity index (χ3v) is 3.76. The number of aromatic nitrogens is 3. The van der Waals surface area contributed by atoms with E-state index in [1.165, 1.54) is 17.3 Å². The fraction of sp³-hybridized carbons (Fsp3) is 0.308. The van der Waals surface area contributed by atoms with Crippen LogP contribution in [0.15, 0.2) is 30.9 Å². The molecule has 0 aliphatic carbocycles. The summed E-state index contributed by atoms with van der Waals surface area (Å²) < 4.78 is 60.4. The molecule has 0 saturated heterocycles. The average Bonchev–Trinajstić information content (AvgIpc) is 2.99. The molecule has 26 heavy (non-hydrogen) atoms. The molecule has 2 rings (SSSR count). The van der Waals surface area contributed by atoms with Crippen molar-refractivity contribution in [2.75, 3.05) is 0 Å². The van der Waals surface area contributed by atoms with Gasteiger partial charge in [0.15, 0.2) is 0 Å². The Hall–Kier alpha value is -2.06. The topological polar surface area (TPSA) is 152 Å². The van der Waals surface area contributed by atoms with Gasteiger partial charge in [-0.15, -0.1) is 0 Å². The highest BCUT2D eigenvalue weighted by atomic mass is 32.3. The molecule has 9 nitrogen and oxygen atoms in total. The Morgan fingerprint density at radius 3 is 2.46 bits per heavy atom. The summed E-state index contributed by atoms with van der Waals surface area (Å²) in [4.78, 5) is 3.74. The molecule has 5 N–H and O–H groups in total.